The van der Waals surface area contributed by atoms with Gasteiger partial charge in [0.15, 0.2) is 11.5 Å². The normalized spacial score (nSPS) is 16.1. The topological polar surface area (TPSA) is 125 Å². The number of nitrogens with one attached hydrogen (secondary N) is 1. The Labute approximate surface area is 163 Å². The molecule has 1 saturated heterocycles. The summed E-state index contributed by atoms with van der Waals surface area (Å²) >= 11 is 0. The lowest BCUT2D eigenvalue weighted by atomic mass is 10.2. The van der Waals surface area contributed by atoms with Gasteiger partial charge in [0.1, 0.15) is 13.2 Å². The molecule has 1 aromatic carbocycles. The molecule has 3 rings (SSSR count). The van der Waals surface area contributed by atoms with E-state index in [4.69, 9.17) is 29.3 Å². The van der Waals surface area contributed by atoms with Crippen molar-refractivity contribution in [2.24, 2.45) is 0 Å². The van der Waals surface area contributed by atoms with Crippen molar-refractivity contribution < 1.29 is 34.1 Å². The van der Waals surface area contributed by atoms with Gasteiger partial charge in [-0.3, -0.25) is 4.79 Å². The van der Waals surface area contributed by atoms with Gasteiger partial charge in [-0.1, -0.05) is 12.8 Å². The summed E-state index contributed by atoms with van der Waals surface area (Å²) in [6, 6.07) is 5.54. The van der Waals surface area contributed by atoms with Crippen LogP contribution in [0.3, 0.4) is 0 Å². The standard InChI is InChI=1S/C17H24N2O3.C2H2O4/c20-17(7-10-19-8-3-1-2-4-9-19)18-14-5-6-15-16(13-14)22-12-11-21-15;3-1(4)2(5)6/h5-6,13H,1-4,7-12H2,(H,18,20);(H,3,4)(H,5,6). The van der Waals surface area contributed by atoms with Gasteiger partial charge in [-0.25, -0.2) is 9.59 Å². The van der Waals surface area contributed by atoms with Crippen LogP contribution in [0.15, 0.2) is 18.2 Å². The highest BCUT2D eigenvalue weighted by Gasteiger charge is 2.14. The lowest BCUT2D eigenvalue weighted by molar-refractivity contribution is -0.159. The number of hydrogen-bond donors (Lipinski definition) is 3. The van der Waals surface area contributed by atoms with Gasteiger partial charge < -0.3 is 29.9 Å². The SMILES string of the molecule is O=C(CCN1CCCCCC1)Nc1ccc2c(c1)OCCO2.O=C(O)C(=O)O. The second kappa shape index (κ2) is 11.1. The van der Waals surface area contributed by atoms with Gasteiger partial charge in [0.05, 0.1) is 0 Å². The molecule has 0 spiro atoms. The fourth-order valence-electron chi connectivity index (χ4n) is 2.96. The lowest BCUT2D eigenvalue weighted by Crippen LogP contribution is -2.28. The Balaban J connectivity index is 0.000000409. The van der Waals surface area contributed by atoms with Gasteiger partial charge in [0.25, 0.3) is 0 Å². The van der Waals surface area contributed by atoms with E-state index in [1.165, 1.54) is 25.7 Å². The van der Waals surface area contributed by atoms with Crippen LogP contribution in [-0.4, -0.2) is 65.8 Å². The molecule has 9 nitrogen and oxygen atoms in total. The van der Waals surface area contributed by atoms with E-state index in [1.54, 1.807) is 0 Å². The van der Waals surface area contributed by atoms with Crippen molar-refractivity contribution in [1.29, 1.82) is 0 Å². The minimum Gasteiger partial charge on any atom is -0.486 e. The smallest absolute Gasteiger partial charge is 0.414 e. The van der Waals surface area contributed by atoms with E-state index in [9.17, 15) is 4.79 Å². The van der Waals surface area contributed by atoms with Crippen LogP contribution in [0.4, 0.5) is 5.69 Å². The number of anilines is 1. The fourth-order valence-corrected chi connectivity index (χ4v) is 2.96. The first-order valence-electron chi connectivity index (χ1n) is 9.34. The van der Waals surface area contributed by atoms with Crippen LogP contribution in [0.1, 0.15) is 32.1 Å². The number of fused-ring (bicyclic) bond motifs is 1. The number of hydrogen-bond acceptors (Lipinski definition) is 6. The first-order valence-corrected chi connectivity index (χ1v) is 9.34. The van der Waals surface area contributed by atoms with Crippen LogP contribution in [0, 0.1) is 0 Å². The van der Waals surface area contributed by atoms with E-state index in [1.807, 2.05) is 18.2 Å². The maximum Gasteiger partial charge on any atom is 0.414 e. The van der Waals surface area contributed by atoms with Crippen LogP contribution in [0.2, 0.25) is 0 Å². The zero-order valence-electron chi connectivity index (χ0n) is 15.7. The van der Waals surface area contributed by atoms with Crippen molar-refractivity contribution in [3.05, 3.63) is 18.2 Å². The number of carbonyl (C=O) groups excluding carboxylic acids is 1. The van der Waals surface area contributed by atoms with E-state index < -0.39 is 11.9 Å². The number of amides is 1. The highest BCUT2D eigenvalue weighted by molar-refractivity contribution is 6.27. The number of carbonyl (C=O) groups is 3. The molecule has 0 unspecified atom stereocenters. The lowest BCUT2D eigenvalue weighted by Gasteiger charge is -2.20. The molecule has 0 aromatic heterocycles. The zero-order chi connectivity index (χ0) is 20.4. The average Bonchev–Trinajstić information content (AvgIpc) is 2.95. The first-order chi connectivity index (χ1) is 13.5. The number of nitrogens with zero attached hydrogens (tertiary/aromatic N) is 1. The predicted molar refractivity (Wildman–Crippen MR) is 101 cm³/mol. The molecule has 3 N–H and O–H groups in total. The summed E-state index contributed by atoms with van der Waals surface area (Å²) in [7, 11) is 0. The Hall–Kier alpha value is -2.81. The van der Waals surface area contributed by atoms with Crippen LogP contribution >= 0.6 is 0 Å². The summed E-state index contributed by atoms with van der Waals surface area (Å²) in [4.78, 5) is 32.7. The summed E-state index contributed by atoms with van der Waals surface area (Å²) in [5.41, 5.74) is 0.769. The van der Waals surface area contributed by atoms with Crippen molar-refractivity contribution in [2.75, 3.05) is 38.2 Å². The summed E-state index contributed by atoms with van der Waals surface area (Å²) in [6.07, 6.45) is 5.68. The highest BCUT2D eigenvalue weighted by Crippen LogP contribution is 2.32. The van der Waals surface area contributed by atoms with Crippen molar-refractivity contribution >= 4 is 23.5 Å². The molecule has 2 heterocycles. The van der Waals surface area contributed by atoms with Gasteiger partial charge in [-0.15, -0.1) is 0 Å². The number of aliphatic carboxylic acids is 2. The maximum atomic E-state index is 12.1. The fraction of sp³-hybridized carbons (Fsp3) is 0.526. The molecule has 0 aliphatic carbocycles. The number of benzene rings is 1. The van der Waals surface area contributed by atoms with Crippen LogP contribution < -0.4 is 14.8 Å². The summed E-state index contributed by atoms with van der Waals surface area (Å²) in [6.45, 7) is 4.22. The van der Waals surface area contributed by atoms with Gasteiger partial charge in [-0.2, -0.15) is 0 Å². The zero-order valence-corrected chi connectivity index (χ0v) is 15.7. The molecule has 0 saturated carbocycles. The number of ether oxygens (including phenoxy) is 2. The monoisotopic (exact) mass is 394 g/mol. The first kappa shape index (κ1) is 21.5. The molecule has 0 atom stereocenters. The molecule has 0 bridgehead atoms. The summed E-state index contributed by atoms with van der Waals surface area (Å²) in [5, 5.41) is 17.7. The van der Waals surface area contributed by atoms with Crippen LogP contribution in [0.5, 0.6) is 11.5 Å². The van der Waals surface area contributed by atoms with Crippen molar-refractivity contribution in [1.82, 2.24) is 4.90 Å². The molecule has 2 aliphatic rings. The molecule has 1 aromatic rings. The quantitative estimate of drug-likeness (QED) is 0.661. The maximum absolute atomic E-state index is 12.1. The molecular formula is C19H26N2O7. The third kappa shape index (κ3) is 7.43. The highest BCUT2D eigenvalue weighted by atomic mass is 16.6. The minimum absolute atomic E-state index is 0.0564. The second-order valence-corrected chi connectivity index (χ2v) is 6.52. The Morgan fingerprint density at radius 3 is 2.14 bits per heavy atom. The largest absolute Gasteiger partial charge is 0.486 e. The Bertz CT molecular complexity index is 673. The second-order valence-electron chi connectivity index (χ2n) is 6.52. The molecule has 1 amide bonds. The molecule has 1 fully saturated rings. The average molecular weight is 394 g/mol. The van der Waals surface area contributed by atoms with Crippen molar-refractivity contribution in [3.8, 4) is 11.5 Å². The van der Waals surface area contributed by atoms with Crippen LogP contribution in [-0.2, 0) is 14.4 Å². The van der Waals surface area contributed by atoms with E-state index >= 15 is 0 Å². The number of rotatable bonds is 4. The van der Waals surface area contributed by atoms with Gasteiger partial charge in [0.2, 0.25) is 5.91 Å². The third-order valence-corrected chi connectivity index (χ3v) is 4.36. The Kier molecular flexibility index (Phi) is 8.54. The Morgan fingerprint density at radius 2 is 1.54 bits per heavy atom. The van der Waals surface area contributed by atoms with E-state index in [0.29, 0.717) is 25.4 Å². The molecule has 0 radical (unpaired) electrons. The molecular weight excluding hydrogens is 368 g/mol. The number of carboxylic acid groups (broad SMARTS) is 2. The van der Waals surface area contributed by atoms with Crippen LogP contribution in [0.25, 0.3) is 0 Å². The molecule has 2 aliphatic heterocycles. The summed E-state index contributed by atoms with van der Waals surface area (Å²) < 4.78 is 11.0. The summed E-state index contributed by atoms with van der Waals surface area (Å²) in [5.74, 6) is -2.14. The predicted octanol–water partition coefficient (Wildman–Crippen LogP) is 1.82. The van der Waals surface area contributed by atoms with Gasteiger partial charge >= 0.3 is 11.9 Å². The molecule has 9 heteroatoms. The minimum atomic E-state index is -1.82. The van der Waals surface area contributed by atoms with Crippen molar-refractivity contribution in [2.45, 2.75) is 32.1 Å². The van der Waals surface area contributed by atoms with E-state index in [-0.39, 0.29) is 5.91 Å². The van der Waals surface area contributed by atoms with Crippen molar-refractivity contribution in [3.63, 3.8) is 0 Å². The van der Waals surface area contributed by atoms with E-state index in [2.05, 4.69) is 10.2 Å². The number of likely N-dealkylation sites (tertiary alicyclic amines) is 1. The molecule has 154 valence electrons. The van der Waals surface area contributed by atoms with Gasteiger partial charge in [-0.05, 0) is 38.1 Å². The van der Waals surface area contributed by atoms with Gasteiger partial charge in [0, 0.05) is 24.7 Å². The Morgan fingerprint density at radius 1 is 0.929 bits per heavy atom. The van der Waals surface area contributed by atoms with E-state index in [0.717, 1.165) is 31.1 Å². The third-order valence-electron chi connectivity index (χ3n) is 4.36. The molecule has 28 heavy (non-hydrogen) atoms. The number of carboxylic acids is 2.